The van der Waals surface area contributed by atoms with Crippen LogP contribution < -0.4 is 9.47 Å². The lowest BCUT2D eigenvalue weighted by molar-refractivity contribution is -0.147. The van der Waals surface area contributed by atoms with Gasteiger partial charge in [0.1, 0.15) is 0 Å². The molecule has 1 fully saturated rings. The number of thioether (sulfide) groups is 1. The Balaban J connectivity index is 1.90. The number of hydrogen-bond donors (Lipinski definition) is 0. The fraction of sp³-hybridized carbons (Fsp3) is 0.550. The van der Waals surface area contributed by atoms with E-state index in [1.807, 2.05) is 31.4 Å². The molecule has 0 aliphatic carbocycles. The van der Waals surface area contributed by atoms with Crippen molar-refractivity contribution in [2.45, 2.75) is 44.0 Å². The quantitative estimate of drug-likeness (QED) is 0.446. The Bertz CT molecular complexity index is 702. The molecule has 7 heteroatoms. The van der Waals surface area contributed by atoms with Gasteiger partial charge in [-0.2, -0.15) is 11.8 Å². The van der Waals surface area contributed by atoms with Gasteiger partial charge >= 0.3 is 5.97 Å². The lowest BCUT2D eigenvalue weighted by Crippen LogP contribution is -2.29. The van der Waals surface area contributed by atoms with E-state index in [4.69, 9.17) is 14.2 Å². The van der Waals surface area contributed by atoms with Crippen LogP contribution in [0.25, 0.3) is 0 Å². The molecule has 0 radical (unpaired) electrons. The van der Waals surface area contributed by atoms with E-state index in [0.717, 1.165) is 5.56 Å². The number of ether oxygens (including phenoxy) is 3. The highest BCUT2D eigenvalue weighted by Gasteiger charge is 2.47. The summed E-state index contributed by atoms with van der Waals surface area (Å²) in [6, 6.07) is 5.57. The zero-order valence-electron chi connectivity index (χ0n) is 16.2. The van der Waals surface area contributed by atoms with E-state index in [-0.39, 0.29) is 17.5 Å². The number of esters is 1. The Hall–Kier alpha value is -2.02. The Morgan fingerprint density at radius 2 is 1.93 bits per heavy atom. The van der Waals surface area contributed by atoms with Gasteiger partial charge in [-0.05, 0) is 36.8 Å². The highest BCUT2D eigenvalue weighted by molar-refractivity contribution is 7.99. The molecule has 0 saturated carbocycles. The third kappa shape index (κ3) is 5.25. The summed E-state index contributed by atoms with van der Waals surface area (Å²) in [5.74, 6) is -1.44. The van der Waals surface area contributed by atoms with Crippen LogP contribution in [0.4, 0.5) is 0 Å². The molecule has 0 spiro atoms. The van der Waals surface area contributed by atoms with Gasteiger partial charge in [-0.1, -0.05) is 13.0 Å². The van der Waals surface area contributed by atoms with E-state index < -0.39 is 23.8 Å². The Labute approximate surface area is 163 Å². The SMILES string of the molecule is COc1ccc(CCCC(=O)C2C(=O)OC(CC(C)SC)C2=O)cc1OC. The van der Waals surface area contributed by atoms with Crippen molar-refractivity contribution in [3.05, 3.63) is 23.8 Å². The Kier molecular flexibility index (Phi) is 7.71. The summed E-state index contributed by atoms with van der Waals surface area (Å²) < 4.78 is 15.6. The zero-order valence-corrected chi connectivity index (χ0v) is 17.0. The molecule has 2 rings (SSSR count). The van der Waals surface area contributed by atoms with E-state index in [9.17, 15) is 14.4 Å². The molecule has 0 bridgehead atoms. The van der Waals surface area contributed by atoms with Crippen LogP contribution in [0.1, 0.15) is 31.7 Å². The van der Waals surface area contributed by atoms with Crippen molar-refractivity contribution in [3.8, 4) is 11.5 Å². The normalized spacial score (nSPS) is 20.3. The molecular weight excluding hydrogens is 368 g/mol. The number of cyclic esters (lactones) is 1. The predicted octanol–water partition coefficient (Wildman–Crippen LogP) is 2.85. The highest BCUT2D eigenvalue weighted by Crippen LogP contribution is 2.29. The van der Waals surface area contributed by atoms with Gasteiger partial charge in [0.15, 0.2) is 35.1 Å². The second kappa shape index (κ2) is 9.78. The van der Waals surface area contributed by atoms with Crippen LogP contribution in [-0.4, -0.2) is 49.4 Å². The van der Waals surface area contributed by atoms with E-state index in [2.05, 4.69) is 0 Å². The van der Waals surface area contributed by atoms with E-state index >= 15 is 0 Å². The first-order valence-electron chi connectivity index (χ1n) is 8.91. The molecule has 0 amide bonds. The van der Waals surface area contributed by atoms with Gasteiger partial charge in [0.2, 0.25) is 0 Å². The Morgan fingerprint density at radius 1 is 1.22 bits per heavy atom. The number of hydrogen-bond acceptors (Lipinski definition) is 7. The zero-order chi connectivity index (χ0) is 20.0. The predicted molar refractivity (Wildman–Crippen MR) is 103 cm³/mol. The summed E-state index contributed by atoms with van der Waals surface area (Å²) in [4.78, 5) is 36.8. The first-order chi connectivity index (χ1) is 12.9. The van der Waals surface area contributed by atoms with Crippen LogP contribution in [-0.2, 0) is 25.5 Å². The van der Waals surface area contributed by atoms with Gasteiger partial charge in [0.25, 0.3) is 0 Å². The van der Waals surface area contributed by atoms with Crippen molar-refractivity contribution >= 4 is 29.3 Å². The molecule has 0 aromatic heterocycles. The standard InChI is InChI=1S/C20H26O6S/c1-12(27-4)10-17-19(22)18(20(23)26-17)14(21)7-5-6-13-8-9-15(24-2)16(11-13)25-3/h8-9,11-12,17-18H,5-7,10H2,1-4H3. The topological polar surface area (TPSA) is 78.9 Å². The van der Waals surface area contributed by atoms with Gasteiger partial charge in [-0.3, -0.25) is 14.4 Å². The monoisotopic (exact) mass is 394 g/mol. The first kappa shape index (κ1) is 21.3. The van der Waals surface area contributed by atoms with E-state index in [0.29, 0.717) is 30.8 Å². The molecule has 1 aromatic carbocycles. The largest absolute Gasteiger partial charge is 0.493 e. The lowest BCUT2D eigenvalue weighted by Gasteiger charge is -2.12. The number of Topliss-reactive ketones (excluding diaryl/α,β-unsaturated/α-hetero) is 2. The van der Waals surface area contributed by atoms with Crippen molar-refractivity contribution in [1.29, 1.82) is 0 Å². The molecule has 0 N–H and O–H groups in total. The molecule has 1 aromatic rings. The number of methoxy groups -OCH3 is 2. The summed E-state index contributed by atoms with van der Waals surface area (Å²) in [6.45, 7) is 1.96. The van der Waals surface area contributed by atoms with E-state index in [1.165, 1.54) is 0 Å². The summed E-state index contributed by atoms with van der Waals surface area (Å²) >= 11 is 1.59. The van der Waals surface area contributed by atoms with Crippen LogP contribution in [0, 0.1) is 5.92 Å². The minimum atomic E-state index is -1.26. The first-order valence-corrected chi connectivity index (χ1v) is 10.2. The number of rotatable bonds is 10. The van der Waals surface area contributed by atoms with E-state index in [1.54, 1.807) is 26.0 Å². The van der Waals surface area contributed by atoms with Crippen molar-refractivity contribution in [1.82, 2.24) is 0 Å². The van der Waals surface area contributed by atoms with Crippen LogP contribution in [0.5, 0.6) is 11.5 Å². The number of carbonyl (C=O) groups is 3. The molecule has 1 aliphatic rings. The van der Waals surface area contributed by atoms with Gasteiger partial charge in [0, 0.05) is 18.1 Å². The average molecular weight is 394 g/mol. The second-order valence-corrected chi connectivity index (χ2v) is 7.83. The van der Waals surface area contributed by atoms with Crippen LogP contribution in [0.3, 0.4) is 0 Å². The average Bonchev–Trinajstić information content (AvgIpc) is 2.94. The fourth-order valence-electron chi connectivity index (χ4n) is 3.07. The maximum Gasteiger partial charge on any atom is 0.325 e. The minimum absolute atomic E-state index is 0.157. The molecule has 1 heterocycles. The molecular formula is C20H26O6S. The van der Waals surface area contributed by atoms with Gasteiger partial charge in [-0.15, -0.1) is 0 Å². The van der Waals surface area contributed by atoms with Crippen LogP contribution >= 0.6 is 11.8 Å². The second-order valence-electron chi connectivity index (χ2n) is 6.55. The maximum absolute atomic E-state index is 12.4. The van der Waals surface area contributed by atoms with Gasteiger partial charge < -0.3 is 14.2 Å². The number of ketones is 2. The molecule has 148 valence electrons. The van der Waals surface area contributed by atoms with Crippen molar-refractivity contribution in [2.75, 3.05) is 20.5 Å². The number of benzene rings is 1. The van der Waals surface area contributed by atoms with Crippen molar-refractivity contribution < 1.29 is 28.6 Å². The van der Waals surface area contributed by atoms with Gasteiger partial charge in [0.05, 0.1) is 14.2 Å². The van der Waals surface area contributed by atoms with Crippen LogP contribution in [0.15, 0.2) is 18.2 Å². The summed E-state index contributed by atoms with van der Waals surface area (Å²) in [5, 5.41) is 0.186. The Morgan fingerprint density at radius 3 is 2.56 bits per heavy atom. The highest BCUT2D eigenvalue weighted by atomic mass is 32.2. The summed E-state index contributed by atoms with van der Waals surface area (Å²) in [7, 11) is 3.14. The van der Waals surface area contributed by atoms with Crippen molar-refractivity contribution in [2.24, 2.45) is 5.92 Å². The molecule has 3 atom stereocenters. The van der Waals surface area contributed by atoms with Crippen molar-refractivity contribution in [3.63, 3.8) is 0 Å². The number of aryl methyl sites for hydroxylation is 1. The molecule has 27 heavy (non-hydrogen) atoms. The summed E-state index contributed by atoms with van der Waals surface area (Å²) in [5.41, 5.74) is 0.993. The summed E-state index contributed by atoms with van der Waals surface area (Å²) in [6.07, 6.45) is 2.92. The number of carbonyl (C=O) groups excluding carboxylic acids is 3. The third-order valence-electron chi connectivity index (χ3n) is 4.70. The smallest absolute Gasteiger partial charge is 0.325 e. The fourth-order valence-corrected chi connectivity index (χ4v) is 3.43. The molecule has 1 aliphatic heterocycles. The maximum atomic E-state index is 12.4. The van der Waals surface area contributed by atoms with Crippen LogP contribution in [0.2, 0.25) is 0 Å². The third-order valence-corrected chi connectivity index (χ3v) is 5.70. The molecule has 6 nitrogen and oxygen atoms in total. The molecule has 3 unspecified atom stereocenters. The lowest BCUT2D eigenvalue weighted by atomic mass is 9.93. The minimum Gasteiger partial charge on any atom is -0.493 e. The van der Waals surface area contributed by atoms with Gasteiger partial charge in [-0.25, -0.2) is 0 Å². The molecule has 1 saturated heterocycles.